The number of hydrogen-bond donors (Lipinski definition) is 4. The molecular weight excluding hydrogens is 246 g/mol. The summed E-state index contributed by atoms with van der Waals surface area (Å²) < 4.78 is 8.88. The first-order chi connectivity index (χ1) is 2.00. The molecule has 0 aromatic heterocycles. The zero-order valence-electron chi connectivity index (χ0n) is 2.90. The first-order valence-corrected chi connectivity index (χ1v) is 2.35. The molecule has 44 valence electrons. The Kier molecular flexibility index (Phi) is 13.1. The van der Waals surface area contributed by atoms with Crippen LogP contribution in [0.25, 0.3) is 0 Å². The molecule has 0 radical (unpaired) electrons. The summed E-state index contributed by atoms with van der Waals surface area (Å²) in [5, 5.41) is 0. The zero-order chi connectivity index (χ0) is 4.50. The Bertz CT molecular complexity index is 57.8. The van der Waals surface area contributed by atoms with E-state index >= 15 is 0 Å². The van der Waals surface area contributed by atoms with Crippen molar-refractivity contribution in [2.24, 2.45) is 0 Å². The van der Waals surface area contributed by atoms with Crippen molar-refractivity contribution < 1.29 is 19.2 Å². The van der Waals surface area contributed by atoms with Gasteiger partial charge in [-0.05, 0) is 0 Å². The van der Waals surface area contributed by atoms with Gasteiger partial charge >= 0.3 is 56.7 Å². The van der Waals surface area contributed by atoms with Gasteiger partial charge in [0.15, 0.2) is 0 Å². The van der Waals surface area contributed by atoms with Crippen molar-refractivity contribution >= 4 is 56.7 Å². The van der Waals surface area contributed by atoms with E-state index in [4.69, 9.17) is 19.2 Å². The van der Waals surface area contributed by atoms with Gasteiger partial charge in [-0.1, -0.05) is 0 Å². The van der Waals surface area contributed by atoms with Crippen molar-refractivity contribution in [2.75, 3.05) is 0 Å². The normalized spacial score (nSPS) is 8.43. The fourth-order valence-corrected chi connectivity index (χ4v) is 0. The van der Waals surface area contributed by atoms with Crippen LogP contribution in [0.3, 0.4) is 0 Å². The molecule has 0 aromatic rings. The summed E-state index contributed by atoms with van der Waals surface area (Å²) in [4.78, 5) is 21.6. The Labute approximate surface area is 81.0 Å². The van der Waals surface area contributed by atoms with Gasteiger partial charge < -0.3 is 20.8 Å². The number of hydrogen-bond acceptors (Lipinski definition) is 2. The fraction of sp³-hybridized carbons (Fsp3) is 0. The van der Waals surface area contributed by atoms with Gasteiger partial charge in [0.1, 0.15) is 0 Å². The van der Waals surface area contributed by atoms with Crippen molar-refractivity contribution in [1.82, 2.24) is 6.15 Å². The molecular formula is H8BaNO4P. The Morgan fingerprint density at radius 3 is 1.14 bits per heavy atom. The van der Waals surface area contributed by atoms with E-state index in [1.165, 1.54) is 0 Å². The van der Waals surface area contributed by atoms with Gasteiger partial charge in [-0.3, -0.25) is 0 Å². The summed E-state index contributed by atoms with van der Waals surface area (Å²) >= 11 is 0. The minimum absolute atomic E-state index is 0. The van der Waals surface area contributed by atoms with Crippen molar-refractivity contribution in [2.45, 2.75) is 0 Å². The van der Waals surface area contributed by atoms with Gasteiger partial charge in [-0.25, -0.2) is 4.57 Å². The fourth-order valence-electron chi connectivity index (χ4n) is 0. The molecule has 0 spiro atoms. The molecule has 0 aliphatic carbocycles. The first-order valence-electron chi connectivity index (χ1n) is 0.783. The molecule has 7 heteroatoms. The topological polar surface area (TPSA) is 113 Å². The maximum atomic E-state index is 8.88. The van der Waals surface area contributed by atoms with E-state index in [-0.39, 0.29) is 55.0 Å². The average Bonchev–Trinajstić information content (AvgIpc) is 0.722. The van der Waals surface area contributed by atoms with E-state index in [9.17, 15) is 0 Å². The predicted molar refractivity (Wildman–Crippen MR) is 27.8 cm³/mol. The third-order valence-electron chi connectivity index (χ3n) is 0. The molecule has 0 bridgehead atoms. The summed E-state index contributed by atoms with van der Waals surface area (Å²) in [6.45, 7) is 0. The molecule has 0 saturated carbocycles. The van der Waals surface area contributed by atoms with Gasteiger partial charge in [0.2, 0.25) is 0 Å². The van der Waals surface area contributed by atoms with Gasteiger partial charge in [0.25, 0.3) is 0 Å². The molecule has 0 fully saturated rings. The molecule has 6 N–H and O–H groups in total. The van der Waals surface area contributed by atoms with Crippen LogP contribution < -0.4 is 6.15 Å². The second-order valence-electron chi connectivity index (χ2n) is 0.513. The van der Waals surface area contributed by atoms with Crippen LogP contribution in [0.4, 0.5) is 0 Å². The number of rotatable bonds is 0. The summed E-state index contributed by atoms with van der Waals surface area (Å²) in [5.74, 6) is 0. The van der Waals surface area contributed by atoms with Crippen molar-refractivity contribution in [3.63, 3.8) is 0 Å². The molecule has 0 aliphatic heterocycles. The van der Waals surface area contributed by atoms with Crippen LogP contribution in [0.5, 0.6) is 0 Å². The van der Waals surface area contributed by atoms with E-state index < -0.39 is 7.82 Å². The van der Waals surface area contributed by atoms with Gasteiger partial charge in [0, 0.05) is 0 Å². The van der Waals surface area contributed by atoms with Crippen LogP contribution in [0, 0.1) is 0 Å². The van der Waals surface area contributed by atoms with Crippen molar-refractivity contribution in [1.29, 1.82) is 0 Å². The van der Waals surface area contributed by atoms with Gasteiger partial charge in [-0.2, -0.15) is 0 Å². The second-order valence-corrected chi connectivity index (χ2v) is 1.54. The quantitative estimate of drug-likeness (QED) is 0.304. The number of phosphoric acid groups is 1. The van der Waals surface area contributed by atoms with Crippen LogP contribution in [-0.4, -0.2) is 63.6 Å². The Balaban J connectivity index is -0.0000000800. The van der Waals surface area contributed by atoms with E-state index in [1.54, 1.807) is 0 Å². The second kappa shape index (κ2) is 5.77. The van der Waals surface area contributed by atoms with Crippen LogP contribution in [0.15, 0.2) is 0 Å². The van der Waals surface area contributed by atoms with Crippen molar-refractivity contribution in [3.8, 4) is 0 Å². The summed E-state index contributed by atoms with van der Waals surface area (Å²) in [7, 11) is -4.64. The molecule has 0 unspecified atom stereocenters. The average molecular weight is 254 g/mol. The van der Waals surface area contributed by atoms with E-state index in [0.29, 0.717) is 0 Å². The van der Waals surface area contributed by atoms with Crippen LogP contribution in [0.2, 0.25) is 0 Å². The Morgan fingerprint density at radius 2 is 1.14 bits per heavy atom. The Hall–Kier alpha value is 1.64. The molecule has 0 amide bonds. The molecule has 5 nitrogen and oxygen atoms in total. The van der Waals surface area contributed by atoms with E-state index in [2.05, 4.69) is 0 Å². The summed E-state index contributed by atoms with van der Waals surface area (Å²) in [6.07, 6.45) is 0. The van der Waals surface area contributed by atoms with Gasteiger partial charge in [-0.15, -0.1) is 0 Å². The van der Waals surface area contributed by atoms with E-state index in [1.807, 2.05) is 0 Å². The molecule has 0 rings (SSSR count). The Morgan fingerprint density at radius 1 is 1.14 bits per heavy atom. The maximum absolute atomic E-state index is 8.88. The molecule has 7 heavy (non-hydrogen) atoms. The molecule has 0 aliphatic rings. The third kappa shape index (κ3) is 90.3. The summed E-state index contributed by atoms with van der Waals surface area (Å²) in [6, 6.07) is 0. The zero-order valence-corrected chi connectivity index (χ0v) is 3.80. The van der Waals surface area contributed by atoms with Gasteiger partial charge in [0.05, 0.1) is 0 Å². The van der Waals surface area contributed by atoms with Crippen LogP contribution in [0.1, 0.15) is 0 Å². The predicted octanol–water partition coefficient (Wildman–Crippen LogP) is -1.68. The van der Waals surface area contributed by atoms with Crippen molar-refractivity contribution in [3.05, 3.63) is 0 Å². The first kappa shape index (κ1) is 15.9. The van der Waals surface area contributed by atoms with Crippen LogP contribution >= 0.6 is 7.82 Å². The van der Waals surface area contributed by atoms with Crippen LogP contribution in [-0.2, 0) is 4.57 Å². The monoisotopic (exact) mass is 255 g/mol. The molecule has 0 heterocycles. The molecule has 0 aromatic carbocycles. The summed E-state index contributed by atoms with van der Waals surface area (Å²) in [5.41, 5.74) is 0. The standard InChI is InChI=1S/Ba.H3N.H3O4P.2H/c;;1-5(2,3)4;;/h;1H3;(H3,1,2,3,4);;. The van der Waals surface area contributed by atoms with E-state index in [0.717, 1.165) is 0 Å². The molecule has 0 saturated heterocycles. The molecule has 0 atom stereocenters. The third-order valence-corrected chi connectivity index (χ3v) is 0. The minimum atomic E-state index is -4.64. The SMILES string of the molecule is N.O=P(O)(O)O.[BaH2].